The smallest absolute Gasteiger partial charge is 0.302 e. The molecule has 0 amide bonds. The van der Waals surface area contributed by atoms with E-state index in [4.69, 9.17) is 4.74 Å². The molecule has 2 nitrogen and oxygen atoms in total. The molecule has 158 valence electrons. The van der Waals surface area contributed by atoms with Crippen molar-refractivity contribution in [1.82, 2.24) is 0 Å². The molecule has 0 atom stereocenters. The maximum Gasteiger partial charge on any atom is 0.302 e. The molecule has 0 radical (unpaired) electrons. The normalized spacial score (nSPS) is 10.3. The highest BCUT2D eigenvalue weighted by atomic mass is 79.9. The van der Waals surface area contributed by atoms with Crippen LogP contribution < -0.4 is 15.9 Å². The van der Waals surface area contributed by atoms with E-state index in [0.717, 1.165) is 13.1 Å². The number of hydrogen-bond acceptors (Lipinski definition) is 3. The van der Waals surface area contributed by atoms with E-state index in [-0.39, 0.29) is 5.97 Å². The first-order valence-electron chi connectivity index (χ1n) is 9.57. The molecule has 0 N–H and O–H groups in total. The molecule has 1 aromatic heterocycles. The second kappa shape index (κ2) is 12.3. The maximum absolute atomic E-state index is 10.5. The molecule has 0 saturated heterocycles. The number of carbonyl (C=O) groups is 1. The molecule has 0 unspecified atom stereocenters. The zero-order chi connectivity index (χ0) is 22.1. The van der Waals surface area contributed by atoms with Crippen LogP contribution in [0.2, 0.25) is 0 Å². The topological polar surface area (TPSA) is 26.3 Å². The van der Waals surface area contributed by atoms with Crippen molar-refractivity contribution < 1.29 is 9.53 Å². The molecule has 4 rings (SSSR count). The van der Waals surface area contributed by atoms with E-state index >= 15 is 0 Å². The number of carbonyl (C=O) groups excluding carboxylic acids is 1. The Hall–Kier alpha value is -1.78. The predicted octanol–water partition coefficient (Wildman–Crippen LogP) is 6.78. The van der Waals surface area contributed by atoms with Crippen LogP contribution in [0.4, 0.5) is 0 Å². The van der Waals surface area contributed by atoms with Crippen molar-refractivity contribution in [2.24, 2.45) is 0 Å². The quantitative estimate of drug-likeness (QED) is 0.194. The van der Waals surface area contributed by atoms with Crippen molar-refractivity contribution in [3.63, 3.8) is 0 Å². The number of ether oxygens (including phenoxy) is 1. The van der Waals surface area contributed by atoms with Gasteiger partial charge in [-0.15, -0.1) is 11.3 Å². The van der Waals surface area contributed by atoms with Gasteiger partial charge in [0, 0.05) is 12.5 Å². The van der Waals surface area contributed by atoms with Crippen LogP contribution in [-0.4, -0.2) is 5.97 Å². The molecule has 3 aromatic carbocycles. The van der Waals surface area contributed by atoms with Gasteiger partial charge >= 0.3 is 5.97 Å². The van der Waals surface area contributed by atoms with Gasteiger partial charge in [0.05, 0.1) is 7.57 Å². The molecule has 0 bridgehead atoms. The van der Waals surface area contributed by atoms with Crippen LogP contribution in [0.25, 0.3) is 0 Å². The van der Waals surface area contributed by atoms with Gasteiger partial charge in [-0.05, 0) is 61.8 Å². The SMILES string of the molecule is CC(=O)OCc1cc(Br)sc1Br.c1ccc(P(c2ccccc2)c2ccccc2)cc1. The number of hydrogen-bond donors (Lipinski definition) is 0. The predicted molar refractivity (Wildman–Crippen MR) is 140 cm³/mol. The fraction of sp³-hybridized carbons (Fsp3) is 0.0800. The van der Waals surface area contributed by atoms with E-state index in [9.17, 15) is 4.79 Å². The van der Waals surface area contributed by atoms with E-state index in [1.165, 1.54) is 22.8 Å². The third kappa shape index (κ3) is 7.40. The van der Waals surface area contributed by atoms with Crippen LogP contribution in [0.15, 0.2) is 105 Å². The lowest BCUT2D eigenvalue weighted by atomic mass is 10.4. The van der Waals surface area contributed by atoms with E-state index in [2.05, 4.69) is 123 Å². The minimum absolute atomic E-state index is 0.260. The van der Waals surface area contributed by atoms with Crippen LogP contribution >= 0.6 is 51.1 Å². The van der Waals surface area contributed by atoms with E-state index in [1.54, 1.807) is 11.3 Å². The average Bonchev–Trinajstić information content (AvgIpc) is 3.12. The molecule has 6 heteroatoms. The maximum atomic E-state index is 10.5. The number of thiophene rings is 1. The number of rotatable bonds is 5. The molecule has 4 aromatic rings. The Morgan fingerprint density at radius 3 is 1.55 bits per heavy atom. The van der Waals surface area contributed by atoms with Gasteiger partial charge in [-0.2, -0.15) is 0 Å². The van der Waals surface area contributed by atoms with Gasteiger partial charge in [0.2, 0.25) is 0 Å². The van der Waals surface area contributed by atoms with Crippen molar-refractivity contribution in [2.75, 3.05) is 0 Å². The lowest BCUT2D eigenvalue weighted by Gasteiger charge is -2.18. The standard InChI is InChI=1S/C18H15P.C7H6Br2O2S/c1-4-10-16(11-5-1)19(17-12-6-2-7-13-17)18-14-8-3-9-15-18;1-4(10)11-3-5-2-6(8)12-7(5)9/h1-15H;2H,3H2,1H3. The summed E-state index contributed by atoms with van der Waals surface area (Å²) < 4.78 is 6.86. The Morgan fingerprint density at radius 1 is 0.806 bits per heavy atom. The highest BCUT2D eigenvalue weighted by molar-refractivity contribution is 9.12. The van der Waals surface area contributed by atoms with Gasteiger partial charge in [0.1, 0.15) is 6.61 Å². The molecule has 1 heterocycles. The molecular weight excluding hydrogens is 555 g/mol. The Bertz CT molecular complexity index is 993. The lowest BCUT2D eigenvalue weighted by Crippen LogP contribution is -2.20. The van der Waals surface area contributed by atoms with E-state index < -0.39 is 7.92 Å². The minimum Gasteiger partial charge on any atom is -0.461 e. The Balaban J connectivity index is 0.000000196. The second-order valence-corrected chi connectivity index (χ2v) is 12.4. The molecule has 31 heavy (non-hydrogen) atoms. The fourth-order valence-electron chi connectivity index (χ4n) is 2.83. The Kier molecular flexibility index (Phi) is 9.48. The van der Waals surface area contributed by atoms with Crippen molar-refractivity contribution in [3.8, 4) is 0 Å². The van der Waals surface area contributed by atoms with Crippen LogP contribution in [0.5, 0.6) is 0 Å². The monoisotopic (exact) mass is 574 g/mol. The van der Waals surface area contributed by atoms with E-state index in [0.29, 0.717) is 6.61 Å². The van der Waals surface area contributed by atoms with Gasteiger partial charge in [-0.1, -0.05) is 91.0 Å². The van der Waals surface area contributed by atoms with Gasteiger partial charge in [0.25, 0.3) is 0 Å². The van der Waals surface area contributed by atoms with Crippen molar-refractivity contribution in [3.05, 3.63) is 110 Å². The zero-order valence-corrected chi connectivity index (χ0v) is 21.8. The molecule has 0 spiro atoms. The van der Waals surface area contributed by atoms with Gasteiger partial charge in [-0.3, -0.25) is 4.79 Å². The Morgan fingerprint density at radius 2 is 1.23 bits per heavy atom. The van der Waals surface area contributed by atoms with Gasteiger partial charge < -0.3 is 4.74 Å². The van der Waals surface area contributed by atoms with Crippen LogP contribution in [0, 0.1) is 0 Å². The summed E-state index contributed by atoms with van der Waals surface area (Å²) in [6.45, 7) is 1.73. The molecule has 0 aliphatic rings. The molecule has 0 fully saturated rings. The summed E-state index contributed by atoms with van der Waals surface area (Å²) in [7, 11) is -0.446. The molecule has 0 aliphatic heterocycles. The number of esters is 1. The highest BCUT2D eigenvalue weighted by Crippen LogP contribution is 2.33. The summed E-state index contributed by atoms with van der Waals surface area (Å²) >= 11 is 8.27. The third-order valence-corrected chi connectivity index (χ3v) is 9.11. The first-order chi connectivity index (χ1) is 15.0. The highest BCUT2D eigenvalue weighted by Gasteiger charge is 2.15. The summed E-state index contributed by atoms with van der Waals surface area (Å²) in [5.41, 5.74) is 0.988. The van der Waals surface area contributed by atoms with Crippen molar-refractivity contribution >= 4 is 73.0 Å². The summed E-state index contributed by atoms with van der Waals surface area (Å²) in [5.74, 6) is -0.260. The fourth-order valence-corrected chi connectivity index (χ4v) is 7.92. The first-order valence-corrected chi connectivity index (χ1v) is 13.3. The van der Waals surface area contributed by atoms with Crippen LogP contribution in [0.1, 0.15) is 12.5 Å². The second-order valence-electron chi connectivity index (χ2n) is 6.47. The van der Waals surface area contributed by atoms with Crippen molar-refractivity contribution in [2.45, 2.75) is 13.5 Å². The largest absolute Gasteiger partial charge is 0.461 e. The van der Waals surface area contributed by atoms with Gasteiger partial charge in [-0.25, -0.2) is 0 Å². The summed E-state index contributed by atoms with van der Waals surface area (Å²) in [4.78, 5) is 10.5. The summed E-state index contributed by atoms with van der Waals surface area (Å²) in [6, 6.07) is 34.3. The minimum atomic E-state index is -0.446. The number of halogens is 2. The third-order valence-electron chi connectivity index (χ3n) is 4.20. The zero-order valence-electron chi connectivity index (χ0n) is 16.9. The first kappa shape index (κ1) is 23.9. The van der Waals surface area contributed by atoms with E-state index in [1.807, 2.05) is 6.07 Å². The van der Waals surface area contributed by atoms with Gasteiger partial charge in [0.15, 0.2) is 0 Å². The molecule has 0 aliphatic carbocycles. The Labute approximate surface area is 205 Å². The molecular formula is C25H21Br2O2PS. The molecule has 0 saturated carbocycles. The van der Waals surface area contributed by atoms with Crippen molar-refractivity contribution in [1.29, 1.82) is 0 Å². The van der Waals surface area contributed by atoms with Crippen LogP contribution in [-0.2, 0) is 16.1 Å². The van der Waals surface area contributed by atoms with Crippen LogP contribution in [0.3, 0.4) is 0 Å². The number of benzene rings is 3. The summed E-state index contributed by atoms with van der Waals surface area (Å²) in [6.07, 6.45) is 0. The lowest BCUT2D eigenvalue weighted by molar-refractivity contribution is -0.142. The summed E-state index contributed by atoms with van der Waals surface area (Å²) in [5, 5.41) is 4.19. The average molecular weight is 576 g/mol.